The Labute approximate surface area is 120 Å². The number of hydrogen-bond acceptors (Lipinski definition) is 5. The van der Waals surface area contributed by atoms with Crippen molar-refractivity contribution in [2.24, 2.45) is 0 Å². The van der Waals surface area contributed by atoms with Crippen LogP contribution in [0.3, 0.4) is 0 Å². The van der Waals surface area contributed by atoms with Crippen LogP contribution in [0.2, 0.25) is 0 Å². The van der Waals surface area contributed by atoms with Gasteiger partial charge in [0, 0.05) is 6.20 Å². The van der Waals surface area contributed by atoms with Gasteiger partial charge in [-0.3, -0.25) is 4.79 Å². The Morgan fingerprint density at radius 1 is 1.35 bits per heavy atom. The van der Waals surface area contributed by atoms with Crippen LogP contribution >= 0.6 is 11.8 Å². The van der Waals surface area contributed by atoms with Crippen LogP contribution in [0.1, 0.15) is 34.7 Å². The maximum atomic E-state index is 12.1. The molecule has 20 heavy (non-hydrogen) atoms. The number of ether oxygens (including phenoxy) is 1. The molecule has 0 bridgehead atoms. The third-order valence-electron chi connectivity index (χ3n) is 2.77. The normalized spacial score (nSPS) is 10.7. The largest absolute Gasteiger partial charge is 0.505 e. The van der Waals surface area contributed by atoms with E-state index in [1.54, 1.807) is 31.3 Å². The molecule has 0 aliphatic carbocycles. The van der Waals surface area contributed by atoms with Crippen molar-refractivity contribution < 1.29 is 19.4 Å². The quantitative estimate of drug-likeness (QED) is 0.878. The van der Waals surface area contributed by atoms with E-state index in [9.17, 15) is 14.7 Å². The van der Waals surface area contributed by atoms with Gasteiger partial charge in [0.05, 0.1) is 12.1 Å². The highest BCUT2D eigenvalue weighted by Crippen LogP contribution is 2.33. The Hall–Kier alpha value is -1.95. The molecular formula is C14H15NO4S. The van der Waals surface area contributed by atoms with Crippen molar-refractivity contribution in [2.75, 3.05) is 12.4 Å². The van der Waals surface area contributed by atoms with Crippen molar-refractivity contribution in [1.29, 1.82) is 0 Å². The highest BCUT2D eigenvalue weighted by molar-refractivity contribution is 8.14. The fourth-order valence-electron chi connectivity index (χ4n) is 1.99. The van der Waals surface area contributed by atoms with E-state index >= 15 is 0 Å². The number of thioether (sulfide) groups is 1. The number of aromatic nitrogens is 1. The minimum absolute atomic E-state index is 0.0347. The third-order valence-corrected chi connectivity index (χ3v) is 3.51. The zero-order valence-corrected chi connectivity index (χ0v) is 12.1. The van der Waals surface area contributed by atoms with Gasteiger partial charge >= 0.3 is 5.97 Å². The minimum Gasteiger partial charge on any atom is -0.505 e. The smallest absolute Gasteiger partial charge is 0.344 e. The summed E-state index contributed by atoms with van der Waals surface area (Å²) in [6.45, 7) is 3.74. The monoisotopic (exact) mass is 293 g/mol. The fourth-order valence-corrected chi connectivity index (χ4v) is 2.59. The number of nitrogens with zero attached hydrogens (tertiary/aromatic N) is 1. The summed E-state index contributed by atoms with van der Waals surface area (Å²) in [6.07, 6.45) is 1.64. The molecule has 0 saturated heterocycles. The van der Waals surface area contributed by atoms with Crippen LogP contribution in [-0.2, 0) is 4.74 Å². The fraction of sp³-hybridized carbons (Fsp3) is 0.286. The van der Waals surface area contributed by atoms with Crippen molar-refractivity contribution in [3.63, 3.8) is 0 Å². The summed E-state index contributed by atoms with van der Waals surface area (Å²) >= 11 is 1.08. The average Bonchev–Trinajstić information content (AvgIpc) is 2.71. The van der Waals surface area contributed by atoms with Crippen LogP contribution in [0.15, 0.2) is 24.4 Å². The molecule has 1 N–H and O–H groups in total. The van der Waals surface area contributed by atoms with Gasteiger partial charge in [0.15, 0.2) is 5.75 Å². The number of pyridine rings is 1. The summed E-state index contributed by atoms with van der Waals surface area (Å²) in [4.78, 5) is 24.1. The first kappa shape index (κ1) is 14.5. The number of aromatic hydroxyl groups is 1. The Morgan fingerprint density at radius 2 is 2.10 bits per heavy atom. The van der Waals surface area contributed by atoms with E-state index in [0.29, 0.717) is 11.3 Å². The Bertz CT molecular complexity index is 607. The molecule has 0 atom stereocenters. The van der Waals surface area contributed by atoms with Crippen molar-refractivity contribution in [3.8, 4) is 5.75 Å². The molecule has 2 aromatic rings. The molecule has 2 heterocycles. The van der Waals surface area contributed by atoms with Gasteiger partial charge in [-0.2, -0.15) is 0 Å². The number of hydrogen-bond donors (Lipinski definition) is 1. The molecule has 2 rings (SSSR count). The SMILES string of the molecule is CCOC(=O)c1c(O)c(C(=O)SCC)n2ccccc12. The van der Waals surface area contributed by atoms with Gasteiger partial charge in [-0.1, -0.05) is 24.8 Å². The Morgan fingerprint density at radius 3 is 2.75 bits per heavy atom. The molecule has 0 amide bonds. The molecule has 0 aromatic carbocycles. The first-order chi connectivity index (χ1) is 9.61. The molecule has 0 saturated carbocycles. The topological polar surface area (TPSA) is 68.0 Å². The first-order valence-corrected chi connectivity index (χ1v) is 7.26. The maximum Gasteiger partial charge on any atom is 0.344 e. The molecule has 0 unspecified atom stereocenters. The minimum atomic E-state index is -0.630. The van der Waals surface area contributed by atoms with Crippen molar-refractivity contribution in [3.05, 3.63) is 35.7 Å². The van der Waals surface area contributed by atoms with E-state index in [4.69, 9.17) is 4.74 Å². The number of rotatable bonds is 4. The van der Waals surface area contributed by atoms with Gasteiger partial charge in [-0.15, -0.1) is 0 Å². The second-order valence-corrected chi connectivity index (χ2v) is 5.21. The lowest BCUT2D eigenvalue weighted by molar-refractivity contribution is 0.0526. The maximum absolute atomic E-state index is 12.1. The molecule has 0 spiro atoms. The van der Waals surface area contributed by atoms with Gasteiger partial charge in [0.2, 0.25) is 5.12 Å². The molecule has 0 radical (unpaired) electrons. The summed E-state index contributed by atoms with van der Waals surface area (Å²) < 4.78 is 6.46. The van der Waals surface area contributed by atoms with Gasteiger partial charge in [-0.05, 0) is 24.8 Å². The Kier molecular flexibility index (Phi) is 4.34. The molecule has 5 nitrogen and oxygen atoms in total. The summed E-state index contributed by atoms with van der Waals surface area (Å²) in [5.41, 5.74) is 0.603. The van der Waals surface area contributed by atoms with Crippen LogP contribution in [0.25, 0.3) is 5.52 Å². The predicted octanol–water partition coefficient (Wildman–Crippen LogP) is 2.71. The molecule has 0 aliphatic heterocycles. The lowest BCUT2D eigenvalue weighted by Gasteiger charge is -2.00. The van der Waals surface area contributed by atoms with Gasteiger partial charge in [0.1, 0.15) is 11.3 Å². The number of carbonyl (C=O) groups excluding carboxylic acids is 2. The summed E-state index contributed by atoms with van der Waals surface area (Å²) in [6, 6.07) is 5.13. The van der Waals surface area contributed by atoms with Crippen molar-refractivity contribution >= 4 is 28.4 Å². The number of carbonyl (C=O) groups is 2. The van der Waals surface area contributed by atoms with Gasteiger partial charge < -0.3 is 14.2 Å². The van der Waals surface area contributed by atoms with Crippen LogP contribution < -0.4 is 0 Å². The molecule has 0 aliphatic rings. The van der Waals surface area contributed by atoms with Crippen LogP contribution in [-0.4, -0.2) is 33.0 Å². The molecule has 0 fully saturated rings. The van der Waals surface area contributed by atoms with Gasteiger partial charge in [-0.25, -0.2) is 4.79 Å². The zero-order chi connectivity index (χ0) is 14.7. The summed E-state index contributed by atoms with van der Waals surface area (Å²) in [7, 11) is 0. The van der Waals surface area contributed by atoms with E-state index < -0.39 is 5.97 Å². The Balaban J connectivity index is 2.67. The highest BCUT2D eigenvalue weighted by atomic mass is 32.2. The van der Waals surface area contributed by atoms with Gasteiger partial charge in [0.25, 0.3) is 0 Å². The second kappa shape index (κ2) is 6.00. The highest BCUT2D eigenvalue weighted by Gasteiger charge is 2.27. The molecule has 6 heteroatoms. The zero-order valence-electron chi connectivity index (χ0n) is 11.3. The van der Waals surface area contributed by atoms with E-state index in [2.05, 4.69) is 0 Å². The third kappa shape index (κ3) is 2.38. The van der Waals surface area contributed by atoms with Crippen LogP contribution in [0.5, 0.6) is 5.75 Å². The van der Waals surface area contributed by atoms with Crippen LogP contribution in [0.4, 0.5) is 0 Å². The summed E-state index contributed by atoms with van der Waals surface area (Å²) in [5, 5.41) is 9.97. The average molecular weight is 293 g/mol. The summed E-state index contributed by atoms with van der Waals surface area (Å²) in [5.74, 6) is -0.359. The number of esters is 1. The first-order valence-electron chi connectivity index (χ1n) is 6.28. The lowest BCUT2D eigenvalue weighted by atomic mass is 10.2. The van der Waals surface area contributed by atoms with E-state index in [1.807, 2.05) is 6.92 Å². The van der Waals surface area contributed by atoms with E-state index in [-0.39, 0.29) is 28.7 Å². The molecule has 106 valence electrons. The predicted molar refractivity (Wildman–Crippen MR) is 77.5 cm³/mol. The molecular weight excluding hydrogens is 278 g/mol. The van der Waals surface area contributed by atoms with Crippen molar-refractivity contribution in [2.45, 2.75) is 13.8 Å². The van der Waals surface area contributed by atoms with E-state index in [1.165, 1.54) is 4.40 Å². The number of fused-ring (bicyclic) bond motifs is 1. The van der Waals surface area contributed by atoms with Crippen LogP contribution in [0, 0.1) is 0 Å². The lowest BCUT2D eigenvalue weighted by Crippen LogP contribution is -2.04. The van der Waals surface area contributed by atoms with Crippen molar-refractivity contribution in [1.82, 2.24) is 4.40 Å². The molecule has 2 aromatic heterocycles. The second-order valence-electron chi connectivity index (χ2n) is 3.97. The van der Waals surface area contributed by atoms with E-state index in [0.717, 1.165) is 11.8 Å². The standard InChI is InChI=1S/C14H15NO4S/c1-3-19-13(17)10-9-7-5-6-8-15(9)11(12(10)16)14(18)20-4-2/h5-8,16H,3-4H2,1-2H3.